The summed E-state index contributed by atoms with van der Waals surface area (Å²) in [5.41, 5.74) is 0.484. The van der Waals surface area contributed by atoms with Gasteiger partial charge >= 0.3 is 18.1 Å². The zero-order chi connectivity index (χ0) is 29.1. The van der Waals surface area contributed by atoms with Crippen molar-refractivity contribution in [1.29, 1.82) is 0 Å². The van der Waals surface area contributed by atoms with Gasteiger partial charge in [0.2, 0.25) is 5.91 Å². The highest BCUT2D eigenvalue weighted by Crippen LogP contribution is 2.22. The molecule has 14 nitrogen and oxygen atoms in total. The third kappa shape index (κ3) is 9.20. The van der Waals surface area contributed by atoms with E-state index in [1.54, 1.807) is 37.3 Å². The average molecular weight is 576 g/mol. The average Bonchev–Trinajstić information content (AvgIpc) is 2.94. The molecule has 1 atom stereocenters. The van der Waals surface area contributed by atoms with Crippen molar-refractivity contribution in [3.63, 3.8) is 0 Å². The van der Waals surface area contributed by atoms with Crippen LogP contribution in [0.5, 0.6) is 0 Å². The lowest BCUT2D eigenvalue weighted by molar-refractivity contribution is -0.157. The second-order valence-electron chi connectivity index (χ2n) is 8.45. The number of ether oxygens (including phenoxy) is 1. The van der Waals surface area contributed by atoms with E-state index < -0.39 is 36.0 Å². The summed E-state index contributed by atoms with van der Waals surface area (Å²) in [7, 11) is 0. The predicted molar refractivity (Wildman–Crippen MR) is 140 cm³/mol. The van der Waals surface area contributed by atoms with Gasteiger partial charge in [-0.05, 0) is 13.3 Å². The zero-order valence-corrected chi connectivity index (χ0v) is 22.5. The molecule has 1 saturated heterocycles. The molecule has 0 aliphatic carbocycles. The number of carboxylic acids is 2. The Morgan fingerprint density at radius 1 is 1.02 bits per heavy atom. The van der Waals surface area contributed by atoms with E-state index in [-0.39, 0.29) is 67.9 Å². The maximum atomic E-state index is 13.3. The number of carbonyl (C=O) groups is 5. The highest BCUT2D eigenvalue weighted by atomic mass is 32.2. The molecule has 1 aromatic carbocycles. The lowest BCUT2D eigenvalue weighted by Crippen LogP contribution is -2.55. The van der Waals surface area contributed by atoms with E-state index in [0.29, 0.717) is 5.56 Å². The molecule has 3 N–H and O–H groups in total. The molecule has 0 saturated carbocycles. The topological polar surface area (TPSA) is 189 Å². The van der Waals surface area contributed by atoms with Crippen molar-refractivity contribution in [2.24, 2.45) is 0 Å². The molecule has 3 rings (SSSR count). The van der Waals surface area contributed by atoms with Crippen LogP contribution in [0, 0.1) is 0 Å². The molecule has 2 aromatic rings. The molecule has 40 heavy (non-hydrogen) atoms. The molecule has 1 aliphatic heterocycles. The second kappa shape index (κ2) is 14.8. The monoisotopic (exact) mass is 575 g/mol. The third-order valence-corrected chi connectivity index (χ3v) is 6.47. The van der Waals surface area contributed by atoms with Gasteiger partial charge in [-0.15, -0.1) is 5.06 Å². The summed E-state index contributed by atoms with van der Waals surface area (Å²) in [5, 5.41) is 22.4. The van der Waals surface area contributed by atoms with Crippen LogP contribution in [0.2, 0.25) is 0 Å². The van der Waals surface area contributed by atoms with Gasteiger partial charge in [-0.3, -0.25) is 19.2 Å². The van der Waals surface area contributed by atoms with E-state index in [1.807, 2.05) is 0 Å². The number of benzene rings is 1. The third-order valence-electron chi connectivity index (χ3n) is 5.58. The van der Waals surface area contributed by atoms with E-state index in [1.165, 1.54) is 16.0 Å². The first-order valence-corrected chi connectivity index (χ1v) is 13.3. The largest absolute Gasteiger partial charge is 0.527 e. The second-order valence-corrected chi connectivity index (χ2v) is 9.45. The maximum absolute atomic E-state index is 13.3. The van der Waals surface area contributed by atoms with E-state index >= 15 is 0 Å². The van der Waals surface area contributed by atoms with Gasteiger partial charge in [-0.25, -0.2) is 14.8 Å². The molecular formula is C25H29N5O9S. The van der Waals surface area contributed by atoms with Crippen LogP contribution in [0.25, 0.3) is 11.4 Å². The predicted octanol–water partition coefficient (Wildman–Crippen LogP) is 1.52. The lowest BCUT2D eigenvalue weighted by atomic mass is 10.1. The van der Waals surface area contributed by atoms with Crippen LogP contribution < -0.4 is 5.32 Å². The Balaban J connectivity index is 1.77. The Labute approximate surface area is 233 Å². The van der Waals surface area contributed by atoms with Crippen molar-refractivity contribution in [2.45, 2.75) is 30.8 Å². The first kappa shape index (κ1) is 30.3. The summed E-state index contributed by atoms with van der Waals surface area (Å²) in [4.78, 5) is 75.6. The number of thioether (sulfide) groups is 1. The Morgan fingerprint density at radius 3 is 2.35 bits per heavy atom. The smallest absolute Gasteiger partial charge is 0.481 e. The number of carboxylic acid groups (broad SMARTS) is 2. The molecule has 1 fully saturated rings. The van der Waals surface area contributed by atoms with Crippen LogP contribution in [0.4, 0.5) is 4.79 Å². The normalized spacial score (nSPS) is 14.2. The molecule has 214 valence electrons. The Kier molecular flexibility index (Phi) is 11.2. The summed E-state index contributed by atoms with van der Waals surface area (Å²) < 4.78 is 4.74. The highest BCUT2D eigenvalue weighted by molar-refractivity contribution is 7.99. The van der Waals surface area contributed by atoms with Crippen molar-refractivity contribution in [2.75, 3.05) is 38.5 Å². The fourth-order valence-electron chi connectivity index (χ4n) is 3.69. The quantitative estimate of drug-likeness (QED) is 0.188. The number of nitrogens with zero attached hydrogens (tertiary/aromatic N) is 4. The number of aromatic nitrogens is 2. The fraction of sp³-hybridized carbons (Fsp3) is 0.400. The van der Waals surface area contributed by atoms with Gasteiger partial charge in [0.25, 0.3) is 5.91 Å². The standard InChI is InChI=1S/C25H29N5O9S/c1-2-38-25(37)39-30-12-10-29(11-13-30)24(36)17(8-9-20(31)32)27-23(35)18-14-19(40-15-21(33)34)28-22(26-18)16-6-4-3-5-7-16/h3-7,14,17H,2,8-13,15H2,1H3,(H,27,35)(H,31,32)(H,33,34)/t17-/m0/s1. The maximum Gasteiger partial charge on any atom is 0.527 e. The minimum atomic E-state index is -1.17. The van der Waals surface area contributed by atoms with Gasteiger partial charge in [0.15, 0.2) is 5.82 Å². The van der Waals surface area contributed by atoms with Crippen molar-refractivity contribution in [1.82, 2.24) is 25.2 Å². The van der Waals surface area contributed by atoms with E-state index in [9.17, 15) is 29.1 Å². The van der Waals surface area contributed by atoms with Gasteiger partial charge in [0, 0.05) is 31.1 Å². The summed E-state index contributed by atoms with van der Waals surface area (Å²) in [6, 6.07) is 8.91. The van der Waals surface area contributed by atoms with Crippen molar-refractivity contribution in [3.05, 3.63) is 42.1 Å². The van der Waals surface area contributed by atoms with Gasteiger partial charge in [0.1, 0.15) is 16.8 Å². The highest BCUT2D eigenvalue weighted by Gasteiger charge is 2.31. The first-order chi connectivity index (χ1) is 19.2. The summed E-state index contributed by atoms with van der Waals surface area (Å²) in [6.07, 6.45) is -1.40. The number of hydrogen-bond donors (Lipinski definition) is 3. The van der Waals surface area contributed by atoms with Gasteiger partial charge in [-0.1, -0.05) is 42.1 Å². The zero-order valence-electron chi connectivity index (χ0n) is 21.6. The molecule has 15 heteroatoms. The molecule has 0 unspecified atom stereocenters. The SMILES string of the molecule is CCOC(=O)ON1CCN(C(=O)[C@H](CCC(=O)O)NC(=O)c2cc(SCC(=O)O)nc(-c3ccccc3)n2)CC1. The number of aliphatic carboxylic acids is 2. The number of amides is 2. The summed E-state index contributed by atoms with van der Waals surface area (Å²) in [6.45, 7) is 2.52. The minimum absolute atomic E-state index is 0.109. The number of carbonyl (C=O) groups excluding carboxylic acids is 3. The van der Waals surface area contributed by atoms with Gasteiger partial charge in [0.05, 0.1) is 25.4 Å². The molecule has 1 aromatic heterocycles. The molecule has 2 amide bonds. The van der Waals surface area contributed by atoms with Crippen LogP contribution in [-0.4, -0.2) is 105 Å². The van der Waals surface area contributed by atoms with Gasteiger partial charge < -0.3 is 30.0 Å². The van der Waals surface area contributed by atoms with Crippen LogP contribution in [0.1, 0.15) is 30.3 Å². The van der Waals surface area contributed by atoms with E-state index in [0.717, 1.165) is 11.8 Å². The molecule has 1 aliphatic rings. The van der Waals surface area contributed by atoms with Crippen molar-refractivity contribution >= 4 is 41.7 Å². The number of hydroxylamine groups is 2. The Morgan fingerprint density at radius 2 is 1.73 bits per heavy atom. The van der Waals surface area contributed by atoms with Crippen LogP contribution in [0.15, 0.2) is 41.4 Å². The van der Waals surface area contributed by atoms with Crippen LogP contribution in [-0.2, 0) is 24.0 Å². The summed E-state index contributed by atoms with van der Waals surface area (Å²) in [5.74, 6) is -3.55. The van der Waals surface area contributed by atoms with Crippen LogP contribution >= 0.6 is 11.8 Å². The molecule has 0 bridgehead atoms. The Bertz CT molecular complexity index is 1220. The molecule has 0 radical (unpaired) electrons. The molecular weight excluding hydrogens is 546 g/mol. The lowest BCUT2D eigenvalue weighted by Gasteiger charge is -2.35. The van der Waals surface area contributed by atoms with Crippen molar-refractivity contribution in [3.8, 4) is 11.4 Å². The molecule has 0 spiro atoms. The number of hydrogen-bond acceptors (Lipinski definition) is 11. The van der Waals surface area contributed by atoms with Crippen molar-refractivity contribution < 1.29 is 43.8 Å². The van der Waals surface area contributed by atoms with Gasteiger partial charge in [-0.2, -0.15) is 0 Å². The molecule has 2 heterocycles. The number of rotatable bonds is 12. The van der Waals surface area contributed by atoms with Crippen LogP contribution in [0.3, 0.4) is 0 Å². The fourth-order valence-corrected chi connectivity index (χ4v) is 4.31. The van der Waals surface area contributed by atoms with E-state index in [4.69, 9.17) is 14.7 Å². The Hall–Kier alpha value is -4.24. The minimum Gasteiger partial charge on any atom is -0.481 e. The first-order valence-electron chi connectivity index (χ1n) is 12.4. The number of nitrogens with one attached hydrogen (secondary N) is 1. The summed E-state index contributed by atoms with van der Waals surface area (Å²) >= 11 is 0.905. The van der Waals surface area contributed by atoms with E-state index in [2.05, 4.69) is 15.3 Å². The number of piperazine rings is 1.